The SMILES string of the molecule is CC1CCCC2(CSC(=NC3CCCC(C)C3C)N2)C1. The van der Waals surface area contributed by atoms with E-state index in [0.717, 1.165) is 17.8 Å². The highest BCUT2D eigenvalue weighted by Gasteiger charge is 2.40. The zero-order valence-corrected chi connectivity index (χ0v) is 14.1. The minimum Gasteiger partial charge on any atom is -0.359 e. The van der Waals surface area contributed by atoms with Gasteiger partial charge in [-0.3, -0.25) is 4.99 Å². The Kier molecular flexibility index (Phi) is 4.35. The van der Waals surface area contributed by atoms with Crippen LogP contribution in [0.25, 0.3) is 0 Å². The monoisotopic (exact) mass is 294 g/mol. The van der Waals surface area contributed by atoms with Gasteiger partial charge in [0.1, 0.15) is 0 Å². The van der Waals surface area contributed by atoms with Crippen LogP contribution in [-0.2, 0) is 0 Å². The summed E-state index contributed by atoms with van der Waals surface area (Å²) in [7, 11) is 0. The van der Waals surface area contributed by atoms with Gasteiger partial charge in [0.2, 0.25) is 0 Å². The first-order valence-electron chi connectivity index (χ1n) is 8.57. The summed E-state index contributed by atoms with van der Waals surface area (Å²) in [6.45, 7) is 7.21. The van der Waals surface area contributed by atoms with Crippen molar-refractivity contribution < 1.29 is 0 Å². The number of thioether (sulfide) groups is 1. The molecule has 0 aromatic heterocycles. The van der Waals surface area contributed by atoms with Crippen LogP contribution in [0.4, 0.5) is 0 Å². The molecule has 5 atom stereocenters. The molecule has 0 radical (unpaired) electrons. The predicted octanol–water partition coefficient (Wildman–Crippen LogP) is 4.45. The van der Waals surface area contributed by atoms with E-state index in [0.29, 0.717) is 11.6 Å². The van der Waals surface area contributed by atoms with Gasteiger partial charge in [-0.2, -0.15) is 0 Å². The summed E-state index contributed by atoms with van der Waals surface area (Å²) >= 11 is 1.99. The second-order valence-corrected chi connectivity index (χ2v) is 8.63. The Bertz CT molecular complexity index is 381. The Morgan fingerprint density at radius 3 is 2.80 bits per heavy atom. The predicted molar refractivity (Wildman–Crippen MR) is 89.4 cm³/mol. The number of hydrogen-bond donors (Lipinski definition) is 1. The van der Waals surface area contributed by atoms with Gasteiger partial charge in [-0.25, -0.2) is 0 Å². The normalized spacial score (nSPS) is 47.6. The van der Waals surface area contributed by atoms with E-state index < -0.39 is 0 Å². The van der Waals surface area contributed by atoms with Crippen molar-refractivity contribution in [3.8, 4) is 0 Å². The molecule has 2 saturated carbocycles. The molecule has 1 heterocycles. The third kappa shape index (κ3) is 3.03. The largest absolute Gasteiger partial charge is 0.359 e. The lowest BCUT2D eigenvalue weighted by Gasteiger charge is -2.36. The van der Waals surface area contributed by atoms with Crippen LogP contribution in [0.15, 0.2) is 4.99 Å². The van der Waals surface area contributed by atoms with Gasteiger partial charge in [0, 0.05) is 11.3 Å². The van der Waals surface area contributed by atoms with Crippen molar-refractivity contribution in [2.75, 3.05) is 5.75 Å². The number of amidine groups is 1. The maximum absolute atomic E-state index is 5.11. The van der Waals surface area contributed by atoms with Crippen LogP contribution in [0.1, 0.15) is 65.7 Å². The molecular formula is C17H30N2S. The Morgan fingerprint density at radius 1 is 1.15 bits per heavy atom. The molecule has 5 unspecified atom stereocenters. The summed E-state index contributed by atoms with van der Waals surface area (Å²) in [6, 6.07) is 0.560. The Hall–Kier alpha value is -0.180. The summed E-state index contributed by atoms with van der Waals surface area (Å²) in [5.41, 5.74) is 0.380. The fourth-order valence-corrected chi connectivity index (χ4v) is 5.61. The third-order valence-corrected chi connectivity index (χ3v) is 7.07. The van der Waals surface area contributed by atoms with Crippen molar-refractivity contribution >= 4 is 16.9 Å². The van der Waals surface area contributed by atoms with Crippen LogP contribution in [0.3, 0.4) is 0 Å². The molecule has 0 aromatic rings. The van der Waals surface area contributed by atoms with E-state index in [9.17, 15) is 0 Å². The minimum absolute atomic E-state index is 0.380. The standard InChI is InChI=1S/C17H30N2S/c1-12-6-5-9-17(10-12)11-20-16(19-17)18-15-8-4-7-13(2)14(15)3/h12-15H,4-11H2,1-3H3,(H,18,19). The third-order valence-electron chi connectivity index (χ3n) is 5.90. The first-order valence-corrected chi connectivity index (χ1v) is 9.55. The average Bonchev–Trinajstić information content (AvgIpc) is 2.77. The fourth-order valence-electron chi connectivity index (χ4n) is 4.37. The highest BCUT2D eigenvalue weighted by Crippen LogP contribution is 2.39. The van der Waals surface area contributed by atoms with E-state index in [1.165, 1.54) is 55.9 Å². The summed E-state index contributed by atoms with van der Waals surface area (Å²) in [5, 5.41) is 5.09. The molecule has 1 aliphatic heterocycles. The maximum atomic E-state index is 5.11. The summed E-state index contributed by atoms with van der Waals surface area (Å²) in [5.74, 6) is 3.71. The summed E-state index contributed by atoms with van der Waals surface area (Å²) < 4.78 is 0. The van der Waals surface area contributed by atoms with Gasteiger partial charge >= 0.3 is 0 Å². The van der Waals surface area contributed by atoms with Gasteiger partial charge in [-0.1, -0.05) is 58.2 Å². The zero-order valence-electron chi connectivity index (χ0n) is 13.3. The van der Waals surface area contributed by atoms with Crippen LogP contribution >= 0.6 is 11.8 Å². The van der Waals surface area contributed by atoms with Gasteiger partial charge in [0.15, 0.2) is 5.17 Å². The second-order valence-electron chi connectivity index (χ2n) is 7.66. The van der Waals surface area contributed by atoms with Crippen molar-refractivity contribution in [1.29, 1.82) is 0 Å². The summed E-state index contributed by atoms with van der Waals surface area (Å²) in [4.78, 5) is 5.11. The van der Waals surface area contributed by atoms with Crippen molar-refractivity contribution in [2.45, 2.75) is 77.3 Å². The quantitative estimate of drug-likeness (QED) is 0.772. The lowest BCUT2D eigenvalue weighted by Crippen LogP contribution is -2.47. The van der Waals surface area contributed by atoms with Crippen LogP contribution in [0, 0.1) is 17.8 Å². The van der Waals surface area contributed by atoms with Crippen molar-refractivity contribution in [1.82, 2.24) is 5.32 Å². The lowest BCUT2D eigenvalue weighted by molar-refractivity contribution is 0.235. The summed E-state index contributed by atoms with van der Waals surface area (Å²) in [6.07, 6.45) is 9.54. The van der Waals surface area contributed by atoms with E-state index in [4.69, 9.17) is 4.99 Å². The molecule has 3 rings (SSSR count). The van der Waals surface area contributed by atoms with E-state index in [1.54, 1.807) is 0 Å². The topological polar surface area (TPSA) is 24.4 Å². The Balaban J connectivity index is 1.65. The molecule has 1 saturated heterocycles. The van der Waals surface area contributed by atoms with Crippen LogP contribution in [0.2, 0.25) is 0 Å². The number of aliphatic imine (C=N–C) groups is 1. The highest BCUT2D eigenvalue weighted by atomic mass is 32.2. The second kappa shape index (κ2) is 5.90. The van der Waals surface area contributed by atoms with E-state index in [2.05, 4.69) is 26.1 Å². The Morgan fingerprint density at radius 2 is 2.00 bits per heavy atom. The molecule has 1 spiro atoms. The molecule has 2 aliphatic carbocycles. The molecule has 114 valence electrons. The van der Waals surface area contributed by atoms with Crippen LogP contribution in [0.5, 0.6) is 0 Å². The number of hydrogen-bond acceptors (Lipinski definition) is 2. The number of nitrogens with zero attached hydrogens (tertiary/aromatic N) is 1. The van der Waals surface area contributed by atoms with Crippen molar-refractivity contribution in [3.63, 3.8) is 0 Å². The van der Waals surface area contributed by atoms with Gasteiger partial charge in [0.25, 0.3) is 0 Å². The number of rotatable bonds is 1. The average molecular weight is 295 g/mol. The smallest absolute Gasteiger partial charge is 0.157 e. The molecule has 20 heavy (non-hydrogen) atoms. The molecule has 0 bridgehead atoms. The molecule has 0 amide bonds. The first-order chi connectivity index (χ1) is 9.58. The molecule has 0 aromatic carbocycles. The van der Waals surface area contributed by atoms with Crippen molar-refractivity contribution in [2.24, 2.45) is 22.7 Å². The van der Waals surface area contributed by atoms with Gasteiger partial charge in [-0.15, -0.1) is 0 Å². The van der Waals surface area contributed by atoms with Crippen molar-refractivity contribution in [3.05, 3.63) is 0 Å². The molecule has 3 heteroatoms. The highest BCUT2D eigenvalue weighted by molar-refractivity contribution is 8.14. The van der Waals surface area contributed by atoms with Crippen LogP contribution in [-0.4, -0.2) is 22.5 Å². The van der Waals surface area contributed by atoms with Crippen LogP contribution < -0.4 is 5.32 Å². The van der Waals surface area contributed by atoms with Gasteiger partial charge < -0.3 is 5.32 Å². The molecule has 2 nitrogen and oxygen atoms in total. The van der Waals surface area contributed by atoms with Gasteiger partial charge in [0.05, 0.1) is 6.04 Å². The van der Waals surface area contributed by atoms with E-state index in [-0.39, 0.29) is 0 Å². The molecular weight excluding hydrogens is 264 g/mol. The van der Waals surface area contributed by atoms with E-state index >= 15 is 0 Å². The minimum atomic E-state index is 0.380. The fraction of sp³-hybridized carbons (Fsp3) is 0.941. The number of nitrogens with one attached hydrogen (secondary N) is 1. The zero-order chi connectivity index (χ0) is 14.2. The molecule has 3 fully saturated rings. The van der Waals surface area contributed by atoms with E-state index in [1.807, 2.05) is 11.8 Å². The van der Waals surface area contributed by atoms with Gasteiger partial charge in [-0.05, 0) is 37.0 Å². The molecule has 3 aliphatic rings. The maximum Gasteiger partial charge on any atom is 0.157 e. The first kappa shape index (κ1) is 14.7. The Labute approximate surface area is 128 Å². The lowest BCUT2D eigenvalue weighted by atomic mass is 9.77. The molecule has 1 N–H and O–H groups in total.